The van der Waals surface area contributed by atoms with Crippen LogP contribution in [0.15, 0.2) is 54.6 Å². The van der Waals surface area contributed by atoms with Gasteiger partial charge in [0.15, 0.2) is 0 Å². The molecule has 2 aromatic rings. The Morgan fingerprint density at radius 3 is 1.86 bits per heavy atom. The maximum absolute atomic E-state index is 11.2. The summed E-state index contributed by atoms with van der Waals surface area (Å²) in [6.45, 7) is 17.5. The van der Waals surface area contributed by atoms with Crippen molar-refractivity contribution in [3.8, 4) is 5.75 Å². The molecule has 0 aromatic heterocycles. The van der Waals surface area contributed by atoms with Crippen molar-refractivity contribution in [2.75, 3.05) is 13.1 Å². The number of piperidine rings is 1. The Bertz CT molecular complexity index is 899. The van der Waals surface area contributed by atoms with E-state index in [0.29, 0.717) is 16.6 Å². The fraction of sp³-hybridized carbons (Fsp3) is 0.613. The van der Waals surface area contributed by atoms with Gasteiger partial charge >= 0.3 is 0 Å². The van der Waals surface area contributed by atoms with Gasteiger partial charge in [0.2, 0.25) is 0 Å². The summed E-state index contributed by atoms with van der Waals surface area (Å²) in [5.74, 6) is 0.919. The lowest BCUT2D eigenvalue weighted by Gasteiger charge is -2.42. The fourth-order valence-electron chi connectivity index (χ4n) is 6.39. The fourth-order valence-corrected chi connectivity index (χ4v) is 11.6. The lowest BCUT2D eigenvalue weighted by atomic mass is 9.85. The third kappa shape index (κ3) is 6.61. The molecule has 1 aliphatic heterocycles. The van der Waals surface area contributed by atoms with Crippen molar-refractivity contribution in [2.45, 2.75) is 109 Å². The third-order valence-corrected chi connectivity index (χ3v) is 14.7. The van der Waals surface area contributed by atoms with Gasteiger partial charge in [-0.25, -0.2) is 0 Å². The molecule has 0 radical (unpaired) electrons. The first-order valence-corrected chi connectivity index (χ1v) is 16.1. The van der Waals surface area contributed by atoms with E-state index in [1.54, 1.807) is 0 Å². The molecule has 2 aromatic carbocycles. The number of benzene rings is 2. The molecule has 1 heterocycles. The molecule has 2 atom stereocenters. The number of likely N-dealkylation sites (tertiary alicyclic amines) is 1. The quantitative estimate of drug-likeness (QED) is 0.315. The Labute approximate surface area is 220 Å². The molecular formula is C31H49NO3Si. The highest BCUT2D eigenvalue weighted by atomic mass is 28.4. The zero-order valence-electron chi connectivity index (χ0n) is 23.6. The van der Waals surface area contributed by atoms with Gasteiger partial charge in [-0.3, -0.25) is 4.90 Å². The molecule has 1 fully saturated rings. The largest absolute Gasteiger partial charge is 0.543 e. The lowest BCUT2D eigenvalue weighted by Crippen LogP contribution is -2.50. The highest BCUT2D eigenvalue weighted by molar-refractivity contribution is 6.78. The molecule has 1 saturated heterocycles. The Hall–Kier alpha value is -1.66. The first kappa shape index (κ1) is 28.9. The lowest BCUT2D eigenvalue weighted by molar-refractivity contribution is -0.0504. The molecule has 0 aliphatic carbocycles. The van der Waals surface area contributed by atoms with Crippen molar-refractivity contribution in [3.63, 3.8) is 0 Å². The maximum atomic E-state index is 11.2. The van der Waals surface area contributed by atoms with Crippen LogP contribution < -0.4 is 4.43 Å². The number of rotatable bonds is 11. The summed E-state index contributed by atoms with van der Waals surface area (Å²) in [6.07, 6.45) is 2.61. The molecule has 200 valence electrons. The van der Waals surface area contributed by atoms with E-state index in [0.717, 1.165) is 50.1 Å². The van der Waals surface area contributed by atoms with Gasteiger partial charge in [0, 0.05) is 19.1 Å². The van der Waals surface area contributed by atoms with Crippen LogP contribution in [0.4, 0.5) is 0 Å². The molecule has 0 bridgehead atoms. The van der Waals surface area contributed by atoms with Gasteiger partial charge in [0.25, 0.3) is 8.32 Å². The van der Waals surface area contributed by atoms with Gasteiger partial charge in [-0.05, 0) is 72.5 Å². The molecule has 0 unspecified atom stereocenters. The summed E-state index contributed by atoms with van der Waals surface area (Å²) >= 11 is 0. The molecule has 36 heavy (non-hydrogen) atoms. The van der Waals surface area contributed by atoms with E-state index in [1.807, 2.05) is 30.3 Å². The first-order valence-electron chi connectivity index (χ1n) is 14.0. The van der Waals surface area contributed by atoms with E-state index in [2.05, 4.69) is 77.6 Å². The van der Waals surface area contributed by atoms with Gasteiger partial charge in [0.1, 0.15) is 5.75 Å². The number of nitrogens with zero attached hydrogens (tertiary/aromatic N) is 1. The Morgan fingerprint density at radius 2 is 1.36 bits per heavy atom. The molecule has 2 N–H and O–H groups in total. The maximum Gasteiger partial charge on any atom is 0.258 e. The molecule has 5 heteroatoms. The predicted molar refractivity (Wildman–Crippen MR) is 153 cm³/mol. The second kappa shape index (κ2) is 12.3. The molecule has 0 saturated carbocycles. The van der Waals surface area contributed by atoms with Crippen molar-refractivity contribution in [1.29, 1.82) is 0 Å². The van der Waals surface area contributed by atoms with Gasteiger partial charge in [0.05, 0.1) is 11.7 Å². The number of aliphatic hydroxyl groups excluding tert-OH is 1. The van der Waals surface area contributed by atoms with Crippen LogP contribution in [0.3, 0.4) is 0 Å². The van der Waals surface area contributed by atoms with Crippen LogP contribution in [0.2, 0.25) is 16.6 Å². The summed E-state index contributed by atoms with van der Waals surface area (Å²) in [4.78, 5) is 2.32. The normalized spacial score (nSPS) is 18.6. The minimum atomic E-state index is -2.00. The second-order valence-electron chi connectivity index (χ2n) is 11.9. The van der Waals surface area contributed by atoms with E-state index in [-0.39, 0.29) is 6.04 Å². The Morgan fingerprint density at radius 1 is 0.833 bits per heavy atom. The van der Waals surface area contributed by atoms with Gasteiger partial charge in [-0.2, -0.15) is 0 Å². The van der Waals surface area contributed by atoms with Crippen molar-refractivity contribution in [3.05, 3.63) is 65.7 Å². The Kier molecular flexibility index (Phi) is 9.84. The van der Waals surface area contributed by atoms with Gasteiger partial charge < -0.3 is 14.6 Å². The second-order valence-corrected chi connectivity index (χ2v) is 17.3. The first-order chi connectivity index (χ1) is 17.0. The van der Waals surface area contributed by atoms with E-state index >= 15 is 0 Å². The van der Waals surface area contributed by atoms with Gasteiger partial charge in [-0.1, -0.05) is 84.0 Å². The highest BCUT2D eigenvalue weighted by Crippen LogP contribution is 2.43. The van der Waals surface area contributed by atoms with Crippen molar-refractivity contribution in [2.24, 2.45) is 0 Å². The van der Waals surface area contributed by atoms with Crippen LogP contribution in [0.25, 0.3) is 0 Å². The average Bonchev–Trinajstić information content (AvgIpc) is 2.86. The van der Waals surface area contributed by atoms with Gasteiger partial charge in [-0.15, -0.1) is 0 Å². The average molecular weight is 512 g/mol. The van der Waals surface area contributed by atoms with Crippen LogP contribution >= 0.6 is 0 Å². The number of hydrogen-bond acceptors (Lipinski definition) is 4. The number of hydrogen-bond donors (Lipinski definition) is 2. The zero-order chi connectivity index (χ0) is 26.5. The van der Waals surface area contributed by atoms with Crippen LogP contribution in [0, 0.1) is 0 Å². The van der Waals surface area contributed by atoms with E-state index in [9.17, 15) is 10.2 Å². The molecule has 1 aliphatic rings. The molecule has 3 rings (SSSR count). The molecular weight excluding hydrogens is 462 g/mol. The van der Waals surface area contributed by atoms with Crippen LogP contribution in [0.5, 0.6) is 5.75 Å². The summed E-state index contributed by atoms with van der Waals surface area (Å²) in [5, 5.41) is 22.3. The monoisotopic (exact) mass is 511 g/mol. The topological polar surface area (TPSA) is 52.9 Å². The molecule has 0 amide bonds. The minimum Gasteiger partial charge on any atom is -0.543 e. The van der Waals surface area contributed by atoms with Crippen LogP contribution in [-0.4, -0.2) is 48.2 Å². The SMILES string of the molecule is CC(C)[Si](Oc1ccc([C@H](O)[C@H](C)N2CCC(O)(CCc3ccccc3)CC2)cc1)(C(C)C)C(C)C. The number of aliphatic hydroxyl groups is 2. The van der Waals surface area contributed by atoms with Crippen LogP contribution in [-0.2, 0) is 6.42 Å². The standard InChI is InChI=1S/C31H49NO3Si/c1-23(2)36(24(3)4,25(5)6)35-29-15-13-28(14-16-29)30(33)26(7)32-21-19-31(34,20-22-32)18-17-27-11-9-8-10-12-27/h8-16,23-26,30,33-34H,17-22H2,1-7H3/t26-,30+/m0/s1. The highest BCUT2D eigenvalue weighted by Gasteiger charge is 2.47. The summed E-state index contributed by atoms with van der Waals surface area (Å²) in [5.41, 5.74) is 3.15. The third-order valence-electron chi connectivity index (χ3n) is 8.71. The minimum absolute atomic E-state index is 0.00843. The van der Waals surface area contributed by atoms with Crippen molar-refractivity contribution in [1.82, 2.24) is 4.90 Å². The number of aryl methyl sites for hydroxylation is 1. The smallest absolute Gasteiger partial charge is 0.258 e. The van der Waals surface area contributed by atoms with E-state index in [1.165, 1.54) is 5.56 Å². The molecule has 0 spiro atoms. The van der Waals surface area contributed by atoms with E-state index in [4.69, 9.17) is 4.43 Å². The van der Waals surface area contributed by atoms with Crippen molar-refractivity contribution < 1.29 is 14.6 Å². The summed E-state index contributed by atoms with van der Waals surface area (Å²) in [6, 6.07) is 18.5. The van der Waals surface area contributed by atoms with Crippen LogP contribution in [0.1, 0.15) is 85.0 Å². The predicted octanol–water partition coefficient (Wildman–Crippen LogP) is 7.12. The Balaban J connectivity index is 1.58. The van der Waals surface area contributed by atoms with Crippen molar-refractivity contribution >= 4 is 8.32 Å². The zero-order valence-corrected chi connectivity index (χ0v) is 24.6. The van der Waals surface area contributed by atoms with E-state index < -0.39 is 20.0 Å². The summed E-state index contributed by atoms with van der Waals surface area (Å²) < 4.78 is 6.79. The molecule has 4 nitrogen and oxygen atoms in total. The summed E-state index contributed by atoms with van der Waals surface area (Å²) in [7, 11) is -2.00.